The molecule has 0 aromatic heterocycles. The molecule has 106 valence electrons. The Labute approximate surface area is 114 Å². The van der Waals surface area contributed by atoms with Crippen molar-refractivity contribution in [2.45, 2.75) is 71.4 Å². The molecule has 2 aliphatic rings. The molecule has 2 nitrogen and oxygen atoms in total. The lowest BCUT2D eigenvalue weighted by molar-refractivity contribution is 0.0763. The molecule has 2 heteroatoms. The molecule has 2 atom stereocenters. The van der Waals surface area contributed by atoms with Crippen molar-refractivity contribution in [2.24, 2.45) is 11.3 Å². The number of hydrogen-bond donors (Lipinski definition) is 1. The highest BCUT2D eigenvalue weighted by atomic mass is 15.2. The van der Waals surface area contributed by atoms with Crippen molar-refractivity contribution in [1.82, 2.24) is 10.2 Å². The molecular weight excluding hydrogens is 220 g/mol. The molecule has 0 aromatic rings. The second kappa shape index (κ2) is 5.13. The van der Waals surface area contributed by atoms with E-state index < -0.39 is 0 Å². The van der Waals surface area contributed by atoms with Crippen LogP contribution in [0.25, 0.3) is 0 Å². The first kappa shape index (κ1) is 14.3. The van der Waals surface area contributed by atoms with Crippen molar-refractivity contribution < 1.29 is 0 Å². The van der Waals surface area contributed by atoms with Gasteiger partial charge in [-0.2, -0.15) is 0 Å². The Bertz CT molecular complexity index is 283. The second-order valence-corrected chi connectivity index (χ2v) is 7.92. The van der Waals surface area contributed by atoms with E-state index in [2.05, 4.69) is 45.0 Å². The maximum absolute atomic E-state index is 3.57. The summed E-state index contributed by atoms with van der Waals surface area (Å²) in [7, 11) is 2.14. The van der Waals surface area contributed by atoms with E-state index >= 15 is 0 Å². The van der Waals surface area contributed by atoms with E-state index in [4.69, 9.17) is 0 Å². The van der Waals surface area contributed by atoms with Crippen LogP contribution >= 0.6 is 0 Å². The Kier molecular flexibility index (Phi) is 4.08. The third kappa shape index (κ3) is 3.08. The molecule has 2 rings (SSSR count). The van der Waals surface area contributed by atoms with Gasteiger partial charge in [-0.25, -0.2) is 0 Å². The van der Waals surface area contributed by atoms with Gasteiger partial charge in [0.25, 0.3) is 0 Å². The minimum atomic E-state index is 0.430. The van der Waals surface area contributed by atoms with Crippen molar-refractivity contribution in [1.29, 1.82) is 0 Å². The lowest BCUT2D eigenvalue weighted by Gasteiger charge is -2.44. The summed E-state index contributed by atoms with van der Waals surface area (Å²) in [5.41, 5.74) is 0.974. The first-order valence-corrected chi connectivity index (χ1v) is 7.76. The number of likely N-dealkylation sites (tertiary alicyclic amines) is 1. The maximum atomic E-state index is 3.57. The van der Waals surface area contributed by atoms with Crippen molar-refractivity contribution in [3.63, 3.8) is 0 Å². The van der Waals surface area contributed by atoms with Crippen LogP contribution in [0.4, 0.5) is 0 Å². The molecule has 0 bridgehead atoms. The fourth-order valence-corrected chi connectivity index (χ4v) is 4.09. The summed E-state index contributed by atoms with van der Waals surface area (Å²) in [5, 5.41) is 3.57. The van der Waals surface area contributed by atoms with Gasteiger partial charge in [0.05, 0.1) is 0 Å². The average Bonchev–Trinajstić information content (AvgIpc) is 2.58. The summed E-state index contributed by atoms with van der Waals surface area (Å²) in [5.74, 6) is 0.830. The highest BCUT2D eigenvalue weighted by Crippen LogP contribution is 2.40. The van der Waals surface area contributed by atoms with Crippen molar-refractivity contribution >= 4 is 0 Å². The van der Waals surface area contributed by atoms with Crippen LogP contribution in [-0.4, -0.2) is 36.6 Å². The smallest absolute Gasteiger partial charge is 0.0153 e. The second-order valence-electron chi connectivity index (χ2n) is 7.92. The number of nitrogens with zero attached hydrogens (tertiary/aromatic N) is 1. The van der Waals surface area contributed by atoms with E-state index in [1.54, 1.807) is 0 Å². The largest absolute Gasteiger partial charge is 0.317 e. The molecule has 1 saturated carbocycles. The predicted molar refractivity (Wildman–Crippen MR) is 78.9 cm³/mol. The van der Waals surface area contributed by atoms with Crippen LogP contribution in [0.15, 0.2) is 0 Å². The molecule has 2 fully saturated rings. The molecule has 0 amide bonds. The van der Waals surface area contributed by atoms with Gasteiger partial charge in [0, 0.05) is 18.1 Å². The summed E-state index contributed by atoms with van der Waals surface area (Å²) in [4.78, 5) is 2.74. The monoisotopic (exact) mass is 252 g/mol. The third-order valence-electron chi connectivity index (χ3n) is 5.41. The summed E-state index contributed by atoms with van der Waals surface area (Å²) in [6, 6.07) is 0.731. The molecule has 1 aliphatic heterocycles. The molecule has 0 radical (unpaired) electrons. The Hall–Kier alpha value is -0.0800. The summed E-state index contributed by atoms with van der Waals surface area (Å²) >= 11 is 0. The van der Waals surface area contributed by atoms with Crippen LogP contribution in [-0.2, 0) is 0 Å². The van der Waals surface area contributed by atoms with Crippen LogP contribution in [0.2, 0.25) is 0 Å². The zero-order valence-electron chi connectivity index (χ0n) is 13.1. The van der Waals surface area contributed by atoms with E-state index in [0.717, 1.165) is 12.0 Å². The summed E-state index contributed by atoms with van der Waals surface area (Å²) < 4.78 is 0. The van der Waals surface area contributed by atoms with Crippen molar-refractivity contribution in [3.8, 4) is 0 Å². The van der Waals surface area contributed by atoms with Crippen LogP contribution in [0.1, 0.15) is 59.8 Å². The zero-order chi connectivity index (χ0) is 13.4. The van der Waals surface area contributed by atoms with Crippen LogP contribution in [0.5, 0.6) is 0 Å². The van der Waals surface area contributed by atoms with Gasteiger partial charge in [-0.3, -0.25) is 4.90 Å². The molecule has 0 spiro atoms. The van der Waals surface area contributed by atoms with Crippen LogP contribution < -0.4 is 5.32 Å². The topological polar surface area (TPSA) is 15.3 Å². The highest BCUT2D eigenvalue weighted by Gasteiger charge is 2.39. The molecule has 1 N–H and O–H groups in total. The van der Waals surface area contributed by atoms with E-state index in [0.29, 0.717) is 11.0 Å². The minimum absolute atomic E-state index is 0.430. The Morgan fingerprint density at radius 2 is 1.89 bits per heavy atom. The minimum Gasteiger partial charge on any atom is -0.317 e. The van der Waals surface area contributed by atoms with Gasteiger partial charge >= 0.3 is 0 Å². The molecule has 0 aromatic carbocycles. The maximum Gasteiger partial charge on any atom is 0.0153 e. The van der Waals surface area contributed by atoms with Gasteiger partial charge < -0.3 is 5.32 Å². The van der Waals surface area contributed by atoms with Crippen LogP contribution in [0.3, 0.4) is 0 Å². The van der Waals surface area contributed by atoms with E-state index in [1.807, 2.05) is 0 Å². The van der Waals surface area contributed by atoms with Crippen molar-refractivity contribution in [3.05, 3.63) is 0 Å². The molecule has 1 heterocycles. The van der Waals surface area contributed by atoms with Gasteiger partial charge in [-0.1, -0.05) is 13.8 Å². The lowest BCUT2D eigenvalue weighted by Crippen LogP contribution is -2.49. The van der Waals surface area contributed by atoms with Gasteiger partial charge in [-0.15, -0.1) is 0 Å². The Morgan fingerprint density at radius 3 is 2.44 bits per heavy atom. The summed E-state index contributed by atoms with van der Waals surface area (Å²) in [6.07, 6.45) is 6.85. The number of nitrogens with one attached hydrogen (secondary N) is 1. The Balaban J connectivity index is 2.01. The SMILES string of the molecule is CNC1CCC(C)(C)CC1CN1CCCC1(C)C. The molecule has 18 heavy (non-hydrogen) atoms. The third-order valence-corrected chi connectivity index (χ3v) is 5.41. The fourth-order valence-electron chi connectivity index (χ4n) is 4.09. The Morgan fingerprint density at radius 1 is 1.17 bits per heavy atom. The average molecular weight is 252 g/mol. The normalized spacial score (nSPS) is 35.8. The van der Waals surface area contributed by atoms with E-state index in [9.17, 15) is 0 Å². The van der Waals surface area contributed by atoms with Gasteiger partial charge in [0.2, 0.25) is 0 Å². The standard InChI is InChI=1S/C16H32N2/c1-15(2)9-7-14(17-5)13(11-15)12-18-10-6-8-16(18,3)4/h13-14,17H,6-12H2,1-5H3. The molecule has 1 saturated heterocycles. The summed E-state index contributed by atoms with van der Waals surface area (Å²) in [6.45, 7) is 12.3. The first-order valence-electron chi connectivity index (χ1n) is 7.76. The van der Waals surface area contributed by atoms with Gasteiger partial charge in [-0.05, 0) is 70.9 Å². The predicted octanol–water partition coefficient (Wildman–Crippen LogP) is 3.28. The fraction of sp³-hybridized carbons (Fsp3) is 1.00. The molecule has 2 unspecified atom stereocenters. The quantitative estimate of drug-likeness (QED) is 0.829. The first-order chi connectivity index (χ1) is 8.34. The van der Waals surface area contributed by atoms with Gasteiger partial charge in [0.1, 0.15) is 0 Å². The molecular formula is C16H32N2. The number of hydrogen-bond acceptors (Lipinski definition) is 2. The van der Waals surface area contributed by atoms with E-state index in [-0.39, 0.29) is 0 Å². The lowest BCUT2D eigenvalue weighted by atomic mass is 9.69. The molecule has 1 aliphatic carbocycles. The zero-order valence-corrected chi connectivity index (χ0v) is 13.1. The van der Waals surface area contributed by atoms with E-state index in [1.165, 1.54) is 45.2 Å². The highest BCUT2D eigenvalue weighted by molar-refractivity contribution is 4.94. The van der Waals surface area contributed by atoms with Gasteiger partial charge in [0.15, 0.2) is 0 Å². The number of rotatable bonds is 3. The van der Waals surface area contributed by atoms with Crippen molar-refractivity contribution in [2.75, 3.05) is 20.1 Å². The van der Waals surface area contributed by atoms with Crippen LogP contribution in [0, 0.1) is 11.3 Å².